The topological polar surface area (TPSA) is 74.5 Å². The summed E-state index contributed by atoms with van der Waals surface area (Å²) in [7, 11) is 1.53. The maximum atomic E-state index is 10.9. The Morgan fingerprint density at radius 3 is 2.71 bits per heavy atom. The molecule has 3 N–H and O–H groups in total. The first-order valence-electron chi connectivity index (χ1n) is 4.07. The van der Waals surface area contributed by atoms with Crippen LogP contribution in [0, 0.1) is 0 Å². The number of nitrogens with one attached hydrogen (secondary N) is 1. The van der Waals surface area contributed by atoms with Crippen molar-refractivity contribution >= 4 is 18.5 Å². The predicted octanol–water partition coefficient (Wildman–Crippen LogP) is 0.324. The van der Waals surface area contributed by atoms with Crippen molar-refractivity contribution in [3.8, 4) is 11.8 Å². The summed E-state index contributed by atoms with van der Waals surface area (Å²) in [6.07, 6.45) is 0.194. The van der Waals surface area contributed by atoms with Crippen LogP contribution in [0.2, 0.25) is 0 Å². The summed E-state index contributed by atoms with van der Waals surface area (Å²) in [5, 5.41) is 21.2. The lowest BCUT2D eigenvalue weighted by Crippen LogP contribution is -2.19. The van der Waals surface area contributed by atoms with E-state index in [2.05, 4.69) is 17.9 Å². The Bertz CT molecular complexity index is 349. The molecule has 1 rings (SSSR count). The quantitative estimate of drug-likeness (QED) is 0.550. The van der Waals surface area contributed by atoms with E-state index in [9.17, 15) is 15.0 Å². The zero-order valence-corrected chi connectivity index (χ0v) is 8.58. The molecule has 0 saturated carbocycles. The Kier molecular flexibility index (Phi) is 3.29. The van der Waals surface area contributed by atoms with Gasteiger partial charge in [-0.1, -0.05) is 0 Å². The average molecular weight is 216 g/mol. The monoisotopic (exact) mass is 216 g/mol. The number of rotatable bonds is 3. The summed E-state index contributed by atoms with van der Waals surface area (Å²) in [5.74, 6) is -0.385. The van der Waals surface area contributed by atoms with Crippen molar-refractivity contribution in [2.24, 2.45) is 0 Å². The van der Waals surface area contributed by atoms with Crippen LogP contribution < -0.4 is 5.32 Å². The highest BCUT2D eigenvalue weighted by atomic mass is 32.1. The molecule has 0 spiro atoms. The Hall–Kier alpha value is -1.30. The van der Waals surface area contributed by atoms with Gasteiger partial charge in [-0.15, -0.1) is 12.6 Å². The van der Waals surface area contributed by atoms with Gasteiger partial charge in [0.15, 0.2) is 5.88 Å². The molecule has 1 aromatic rings. The normalized spacial score (nSPS) is 10.1. The maximum absolute atomic E-state index is 10.9. The van der Waals surface area contributed by atoms with Crippen molar-refractivity contribution in [2.75, 3.05) is 7.05 Å². The molecule has 1 amide bonds. The lowest BCUT2D eigenvalue weighted by molar-refractivity contribution is -0.120. The number of aromatic hydroxyl groups is 2. The highest BCUT2D eigenvalue weighted by Gasteiger charge is 2.11. The van der Waals surface area contributed by atoms with Crippen molar-refractivity contribution in [3.05, 3.63) is 6.07 Å². The second kappa shape index (κ2) is 4.28. The van der Waals surface area contributed by atoms with Crippen LogP contribution in [0.15, 0.2) is 11.0 Å². The fourth-order valence-corrected chi connectivity index (χ4v) is 1.31. The summed E-state index contributed by atoms with van der Waals surface area (Å²) >= 11 is 3.92. The summed E-state index contributed by atoms with van der Waals surface area (Å²) in [6.45, 7) is 0.220. The van der Waals surface area contributed by atoms with E-state index in [0.29, 0.717) is 4.90 Å². The minimum Gasteiger partial charge on any atom is -0.494 e. The minimum atomic E-state index is -0.154. The van der Waals surface area contributed by atoms with Gasteiger partial charge in [-0.05, 0) is 0 Å². The summed E-state index contributed by atoms with van der Waals surface area (Å²) < 4.78 is 1.22. The molecule has 0 bridgehead atoms. The molecule has 0 aliphatic heterocycles. The van der Waals surface area contributed by atoms with E-state index in [1.807, 2.05) is 0 Å². The number of nitrogens with zero attached hydrogens (tertiary/aromatic N) is 1. The molecule has 0 radical (unpaired) electrons. The zero-order chi connectivity index (χ0) is 10.7. The highest BCUT2D eigenvalue weighted by molar-refractivity contribution is 7.80. The molecule has 0 aliphatic rings. The molecule has 78 valence electrons. The SMILES string of the molecule is CNC(=O)CCn1c(O)cc(S)c1O. The molecule has 1 heterocycles. The van der Waals surface area contributed by atoms with Gasteiger partial charge in [0, 0.05) is 26.1 Å². The van der Waals surface area contributed by atoms with Gasteiger partial charge in [0.25, 0.3) is 0 Å². The molecular formula is C8H12N2O3S. The van der Waals surface area contributed by atoms with E-state index >= 15 is 0 Å². The lowest BCUT2D eigenvalue weighted by atomic mass is 10.4. The summed E-state index contributed by atoms with van der Waals surface area (Å²) in [4.78, 5) is 11.2. The van der Waals surface area contributed by atoms with Gasteiger partial charge >= 0.3 is 0 Å². The average Bonchev–Trinajstić information content (AvgIpc) is 2.39. The molecule has 6 heteroatoms. The lowest BCUT2D eigenvalue weighted by Gasteiger charge is -2.05. The van der Waals surface area contributed by atoms with Crippen molar-refractivity contribution in [2.45, 2.75) is 17.9 Å². The molecular weight excluding hydrogens is 204 g/mol. The Morgan fingerprint density at radius 1 is 1.64 bits per heavy atom. The Labute approximate surface area is 86.8 Å². The number of amides is 1. The summed E-state index contributed by atoms with van der Waals surface area (Å²) in [5.41, 5.74) is 0. The fourth-order valence-electron chi connectivity index (χ4n) is 1.07. The predicted molar refractivity (Wildman–Crippen MR) is 53.7 cm³/mol. The number of aromatic nitrogens is 1. The highest BCUT2D eigenvalue weighted by Crippen LogP contribution is 2.30. The molecule has 14 heavy (non-hydrogen) atoms. The van der Waals surface area contributed by atoms with E-state index in [0.717, 1.165) is 0 Å². The van der Waals surface area contributed by atoms with Gasteiger partial charge in [-0.2, -0.15) is 0 Å². The van der Waals surface area contributed by atoms with Crippen molar-refractivity contribution < 1.29 is 15.0 Å². The zero-order valence-electron chi connectivity index (χ0n) is 7.69. The largest absolute Gasteiger partial charge is 0.494 e. The first-order valence-corrected chi connectivity index (χ1v) is 4.52. The third kappa shape index (κ3) is 2.14. The Morgan fingerprint density at radius 2 is 2.29 bits per heavy atom. The smallest absolute Gasteiger partial charge is 0.221 e. The molecule has 0 aromatic carbocycles. The van der Waals surface area contributed by atoms with Crippen LogP contribution in [0.5, 0.6) is 11.8 Å². The summed E-state index contributed by atoms with van der Waals surface area (Å²) in [6, 6.07) is 1.32. The number of thiol groups is 1. The van der Waals surface area contributed by atoms with Gasteiger partial charge in [0.05, 0.1) is 4.90 Å². The number of carbonyl (C=O) groups is 1. The van der Waals surface area contributed by atoms with E-state index in [4.69, 9.17) is 0 Å². The maximum Gasteiger partial charge on any atom is 0.221 e. The third-order valence-electron chi connectivity index (χ3n) is 1.87. The van der Waals surface area contributed by atoms with Crippen LogP contribution in [-0.2, 0) is 11.3 Å². The standard InChI is InChI=1S/C8H12N2O3S/c1-9-6(11)2-3-10-7(12)4-5(14)8(10)13/h4,12-14H,2-3H2,1H3,(H,9,11). The second-order valence-electron chi connectivity index (χ2n) is 2.79. The second-order valence-corrected chi connectivity index (χ2v) is 3.27. The van der Waals surface area contributed by atoms with Crippen LogP contribution in [0.1, 0.15) is 6.42 Å². The first kappa shape index (κ1) is 10.8. The number of carbonyl (C=O) groups excluding carboxylic acids is 1. The van der Waals surface area contributed by atoms with Gasteiger partial charge in [0.2, 0.25) is 11.8 Å². The van der Waals surface area contributed by atoms with Crippen molar-refractivity contribution in [3.63, 3.8) is 0 Å². The van der Waals surface area contributed by atoms with Crippen LogP contribution in [0.4, 0.5) is 0 Å². The van der Waals surface area contributed by atoms with Gasteiger partial charge < -0.3 is 15.5 Å². The van der Waals surface area contributed by atoms with Crippen LogP contribution in [-0.4, -0.2) is 27.7 Å². The molecule has 5 nitrogen and oxygen atoms in total. The minimum absolute atomic E-state index is 0.101. The van der Waals surface area contributed by atoms with Crippen molar-refractivity contribution in [1.29, 1.82) is 0 Å². The van der Waals surface area contributed by atoms with E-state index in [1.54, 1.807) is 0 Å². The van der Waals surface area contributed by atoms with Crippen LogP contribution in [0.25, 0.3) is 0 Å². The van der Waals surface area contributed by atoms with Crippen molar-refractivity contribution in [1.82, 2.24) is 9.88 Å². The number of hydrogen-bond acceptors (Lipinski definition) is 4. The number of hydrogen-bond donors (Lipinski definition) is 4. The third-order valence-corrected chi connectivity index (χ3v) is 2.20. The fraction of sp³-hybridized carbons (Fsp3) is 0.375. The molecule has 0 unspecified atom stereocenters. The molecule has 0 aliphatic carbocycles. The molecule has 1 aromatic heterocycles. The van der Waals surface area contributed by atoms with Crippen LogP contribution in [0.3, 0.4) is 0 Å². The van der Waals surface area contributed by atoms with Crippen LogP contribution >= 0.6 is 12.6 Å². The van der Waals surface area contributed by atoms with Gasteiger partial charge in [-0.3, -0.25) is 9.36 Å². The molecule has 0 fully saturated rings. The van der Waals surface area contributed by atoms with E-state index in [-0.39, 0.29) is 30.6 Å². The van der Waals surface area contributed by atoms with E-state index in [1.165, 1.54) is 17.7 Å². The molecule has 0 saturated heterocycles. The molecule has 0 atom stereocenters. The van der Waals surface area contributed by atoms with Gasteiger partial charge in [-0.25, -0.2) is 0 Å². The first-order chi connectivity index (χ1) is 6.56. The van der Waals surface area contributed by atoms with E-state index < -0.39 is 0 Å². The van der Waals surface area contributed by atoms with Gasteiger partial charge in [0.1, 0.15) is 0 Å². The Balaban J connectivity index is 2.71.